The average molecular weight is 250 g/mol. The summed E-state index contributed by atoms with van der Waals surface area (Å²) in [4.78, 5) is 13.7. The van der Waals surface area contributed by atoms with Crippen LogP contribution in [-0.4, -0.2) is 20.9 Å². The molecule has 0 spiro atoms. The van der Waals surface area contributed by atoms with Crippen LogP contribution in [0.3, 0.4) is 0 Å². The quantitative estimate of drug-likeness (QED) is 0.728. The fraction of sp³-hybridized carbons (Fsp3) is 0.125. The Morgan fingerprint density at radius 1 is 1.44 bits per heavy atom. The number of carbonyl (C=O) groups is 1. The van der Waals surface area contributed by atoms with Gasteiger partial charge in [-0.1, -0.05) is 11.6 Å². The standard InChI is InChI=1S/C8H3ClF3N3O/c9-5-4(3-16)1-2-15-6(5)13-7(14-15)8(10,11)12/h1-3H. The van der Waals surface area contributed by atoms with Gasteiger partial charge in [0.2, 0.25) is 0 Å². The zero-order valence-electron chi connectivity index (χ0n) is 7.49. The molecule has 0 aliphatic carbocycles. The molecule has 2 aromatic rings. The third-order valence-corrected chi connectivity index (χ3v) is 2.24. The summed E-state index contributed by atoms with van der Waals surface area (Å²) in [6.45, 7) is 0. The van der Waals surface area contributed by atoms with Gasteiger partial charge in [-0.3, -0.25) is 4.79 Å². The van der Waals surface area contributed by atoms with Crippen molar-refractivity contribution in [2.75, 3.05) is 0 Å². The molecule has 2 aromatic heterocycles. The van der Waals surface area contributed by atoms with E-state index < -0.39 is 12.0 Å². The number of rotatable bonds is 1. The maximum atomic E-state index is 12.3. The fourth-order valence-corrected chi connectivity index (χ4v) is 1.38. The van der Waals surface area contributed by atoms with Crippen LogP contribution in [0.5, 0.6) is 0 Å². The molecule has 0 bridgehead atoms. The number of pyridine rings is 1. The number of aldehydes is 1. The first-order valence-electron chi connectivity index (χ1n) is 4.00. The van der Waals surface area contributed by atoms with Crippen LogP contribution in [0, 0.1) is 0 Å². The molecule has 2 rings (SSSR count). The molecule has 0 N–H and O–H groups in total. The summed E-state index contributed by atoms with van der Waals surface area (Å²) >= 11 is 5.68. The van der Waals surface area contributed by atoms with Crippen molar-refractivity contribution in [1.29, 1.82) is 0 Å². The smallest absolute Gasteiger partial charge is 0.298 e. The van der Waals surface area contributed by atoms with Crippen molar-refractivity contribution < 1.29 is 18.0 Å². The van der Waals surface area contributed by atoms with Crippen LogP contribution in [0.1, 0.15) is 16.2 Å². The third kappa shape index (κ3) is 1.63. The first kappa shape index (κ1) is 10.9. The Balaban J connectivity index is 2.71. The molecule has 0 saturated heterocycles. The lowest BCUT2D eigenvalue weighted by atomic mass is 10.3. The van der Waals surface area contributed by atoms with E-state index in [0.29, 0.717) is 6.29 Å². The van der Waals surface area contributed by atoms with Crippen molar-refractivity contribution in [1.82, 2.24) is 14.6 Å². The number of nitrogens with zero attached hydrogens (tertiary/aromatic N) is 3. The Labute approximate surface area is 91.6 Å². The molecule has 0 unspecified atom stereocenters. The van der Waals surface area contributed by atoms with E-state index in [4.69, 9.17) is 11.6 Å². The van der Waals surface area contributed by atoms with Crippen molar-refractivity contribution >= 4 is 23.5 Å². The van der Waals surface area contributed by atoms with Gasteiger partial charge in [-0.15, -0.1) is 5.10 Å². The number of fused-ring (bicyclic) bond motifs is 1. The van der Waals surface area contributed by atoms with E-state index in [1.807, 2.05) is 0 Å². The maximum absolute atomic E-state index is 12.3. The zero-order chi connectivity index (χ0) is 11.9. The molecule has 16 heavy (non-hydrogen) atoms. The summed E-state index contributed by atoms with van der Waals surface area (Å²) in [5, 5.41) is 3.05. The number of aromatic nitrogens is 3. The van der Waals surface area contributed by atoms with Crippen LogP contribution in [-0.2, 0) is 6.18 Å². The van der Waals surface area contributed by atoms with E-state index in [2.05, 4.69) is 10.1 Å². The molecule has 0 atom stereocenters. The minimum absolute atomic E-state index is 0.0651. The van der Waals surface area contributed by atoms with E-state index in [0.717, 1.165) is 4.52 Å². The summed E-state index contributed by atoms with van der Waals surface area (Å²) in [7, 11) is 0. The minimum Gasteiger partial charge on any atom is -0.298 e. The molecule has 0 saturated carbocycles. The lowest BCUT2D eigenvalue weighted by Gasteiger charge is -1.96. The first-order valence-corrected chi connectivity index (χ1v) is 4.38. The number of carbonyl (C=O) groups excluding carboxylic acids is 1. The van der Waals surface area contributed by atoms with E-state index >= 15 is 0 Å². The molecular formula is C8H3ClF3N3O. The van der Waals surface area contributed by atoms with E-state index in [-0.39, 0.29) is 16.2 Å². The first-order chi connectivity index (χ1) is 7.43. The average Bonchev–Trinajstić information content (AvgIpc) is 2.62. The second-order valence-corrected chi connectivity index (χ2v) is 3.28. The molecular weight excluding hydrogens is 247 g/mol. The predicted octanol–water partition coefficient (Wildman–Crippen LogP) is 2.21. The van der Waals surface area contributed by atoms with Crippen molar-refractivity contribution in [3.05, 3.63) is 28.7 Å². The highest BCUT2D eigenvalue weighted by Crippen LogP contribution is 2.28. The predicted molar refractivity (Wildman–Crippen MR) is 48.4 cm³/mol. The SMILES string of the molecule is O=Cc1ccn2nc(C(F)(F)F)nc2c1Cl. The van der Waals surface area contributed by atoms with E-state index in [9.17, 15) is 18.0 Å². The van der Waals surface area contributed by atoms with E-state index in [1.165, 1.54) is 12.3 Å². The lowest BCUT2D eigenvalue weighted by molar-refractivity contribution is -0.144. The van der Waals surface area contributed by atoms with Crippen molar-refractivity contribution in [3.8, 4) is 0 Å². The van der Waals surface area contributed by atoms with Crippen molar-refractivity contribution in [2.45, 2.75) is 6.18 Å². The number of hydrogen-bond acceptors (Lipinski definition) is 3. The Morgan fingerprint density at radius 3 is 2.69 bits per heavy atom. The molecule has 0 amide bonds. The fourth-order valence-electron chi connectivity index (χ4n) is 1.14. The Hall–Kier alpha value is -1.63. The second-order valence-electron chi connectivity index (χ2n) is 2.90. The summed E-state index contributed by atoms with van der Waals surface area (Å²) in [5.74, 6) is -1.29. The Bertz CT molecular complexity index is 563. The maximum Gasteiger partial charge on any atom is 0.453 e. The monoisotopic (exact) mass is 249 g/mol. The molecule has 0 aliphatic heterocycles. The van der Waals surface area contributed by atoms with E-state index in [1.54, 1.807) is 0 Å². The highest BCUT2D eigenvalue weighted by Gasteiger charge is 2.36. The van der Waals surface area contributed by atoms with Crippen LogP contribution >= 0.6 is 11.6 Å². The Kier molecular flexibility index (Phi) is 2.34. The molecule has 0 aliphatic rings. The minimum atomic E-state index is -4.64. The van der Waals surface area contributed by atoms with Gasteiger partial charge in [0.05, 0.1) is 5.02 Å². The summed E-state index contributed by atoms with van der Waals surface area (Å²) in [6, 6.07) is 1.26. The van der Waals surface area contributed by atoms with Crippen LogP contribution in [0.25, 0.3) is 5.65 Å². The van der Waals surface area contributed by atoms with Gasteiger partial charge in [0.25, 0.3) is 5.82 Å². The second kappa shape index (κ2) is 3.44. The molecule has 0 fully saturated rings. The number of hydrogen-bond donors (Lipinski definition) is 0. The lowest BCUT2D eigenvalue weighted by Crippen LogP contribution is -2.07. The largest absolute Gasteiger partial charge is 0.453 e. The third-order valence-electron chi connectivity index (χ3n) is 1.86. The molecule has 0 radical (unpaired) electrons. The summed E-state index contributed by atoms with van der Waals surface area (Å²) in [6.07, 6.45) is -3.02. The van der Waals surface area contributed by atoms with Gasteiger partial charge in [0.15, 0.2) is 11.9 Å². The van der Waals surface area contributed by atoms with Gasteiger partial charge >= 0.3 is 6.18 Å². The highest BCUT2D eigenvalue weighted by molar-refractivity contribution is 6.35. The van der Waals surface area contributed by atoms with Crippen molar-refractivity contribution in [2.24, 2.45) is 0 Å². The molecule has 84 valence electrons. The number of halogens is 4. The molecule has 2 heterocycles. The van der Waals surface area contributed by atoms with Crippen molar-refractivity contribution in [3.63, 3.8) is 0 Å². The van der Waals surface area contributed by atoms with Gasteiger partial charge in [0, 0.05) is 11.8 Å². The van der Waals surface area contributed by atoms with Gasteiger partial charge in [-0.05, 0) is 6.07 Å². The summed E-state index contributed by atoms with van der Waals surface area (Å²) in [5.41, 5.74) is -0.131. The van der Waals surface area contributed by atoms with Crippen LogP contribution in [0.15, 0.2) is 12.3 Å². The Morgan fingerprint density at radius 2 is 2.12 bits per heavy atom. The van der Waals surface area contributed by atoms with Gasteiger partial charge in [-0.25, -0.2) is 9.50 Å². The summed E-state index contributed by atoms with van der Waals surface area (Å²) < 4.78 is 37.7. The molecule has 0 aromatic carbocycles. The van der Waals surface area contributed by atoms with Gasteiger partial charge in [0.1, 0.15) is 0 Å². The van der Waals surface area contributed by atoms with Gasteiger partial charge in [-0.2, -0.15) is 13.2 Å². The van der Waals surface area contributed by atoms with Crippen LogP contribution < -0.4 is 0 Å². The van der Waals surface area contributed by atoms with Crippen LogP contribution in [0.2, 0.25) is 5.02 Å². The van der Waals surface area contributed by atoms with Gasteiger partial charge < -0.3 is 0 Å². The zero-order valence-corrected chi connectivity index (χ0v) is 8.25. The number of alkyl halides is 3. The van der Waals surface area contributed by atoms with Crippen LogP contribution in [0.4, 0.5) is 13.2 Å². The topological polar surface area (TPSA) is 47.3 Å². The molecule has 4 nitrogen and oxygen atoms in total. The highest BCUT2D eigenvalue weighted by atomic mass is 35.5. The molecule has 8 heteroatoms. The normalized spacial score (nSPS) is 12.0.